The normalized spacial score (nSPS) is 11.0. The van der Waals surface area contributed by atoms with E-state index in [-0.39, 0.29) is 11.9 Å². The summed E-state index contributed by atoms with van der Waals surface area (Å²) in [6.07, 6.45) is 0. The fraction of sp³-hybridized carbons (Fsp3) is 0.0556. The van der Waals surface area contributed by atoms with Gasteiger partial charge in [0.1, 0.15) is 0 Å². The third kappa shape index (κ3) is 3.01. The van der Waals surface area contributed by atoms with Crippen LogP contribution in [0.25, 0.3) is 16.2 Å². The minimum atomic E-state index is -0.333. The summed E-state index contributed by atoms with van der Waals surface area (Å²) in [6.45, 7) is 2.05. The average Bonchev–Trinajstić information content (AvgIpc) is 3.16. The van der Waals surface area contributed by atoms with E-state index < -0.39 is 0 Å². The van der Waals surface area contributed by atoms with Gasteiger partial charge in [-0.1, -0.05) is 53.6 Å². The Balaban J connectivity index is 1.65. The van der Waals surface area contributed by atoms with Gasteiger partial charge >= 0.3 is 0 Å². The van der Waals surface area contributed by atoms with Crippen LogP contribution in [0.5, 0.6) is 0 Å². The van der Waals surface area contributed by atoms with Crippen molar-refractivity contribution in [3.8, 4) is 11.3 Å². The van der Waals surface area contributed by atoms with Crippen LogP contribution >= 0.6 is 22.9 Å². The molecular formula is C18H13ClN4OS. The fourth-order valence-electron chi connectivity index (χ4n) is 2.47. The van der Waals surface area contributed by atoms with Crippen LogP contribution in [0, 0.1) is 6.92 Å². The van der Waals surface area contributed by atoms with Gasteiger partial charge in [0.15, 0.2) is 0 Å². The van der Waals surface area contributed by atoms with Gasteiger partial charge < -0.3 is 0 Å². The topological polar surface area (TPSA) is 59.3 Å². The number of fused-ring (bicyclic) bond motifs is 1. The van der Waals surface area contributed by atoms with Crippen molar-refractivity contribution < 1.29 is 4.79 Å². The number of rotatable bonds is 3. The summed E-state index contributed by atoms with van der Waals surface area (Å²) in [4.78, 5) is 17.4. The summed E-state index contributed by atoms with van der Waals surface area (Å²) in [5.41, 5.74) is 3.57. The van der Waals surface area contributed by atoms with Gasteiger partial charge in [0.05, 0.1) is 16.3 Å². The molecule has 2 aromatic carbocycles. The molecule has 0 aliphatic carbocycles. The summed E-state index contributed by atoms with van der Waals surface area (Å²) in [5, 5.41) is 9.50. The molecule has 2 aromatic heterocycles. The van der Waals surface area contributed by atoms with Crippen LogP contribution in [-0.2, 0) is 0 Å². The molecule has 0 fully saturated rings. The number of aryl methyl sites for hydroxylation is 1. The summed E-state index contributed by atoms with van der Waals surface area (Å²) in [5.74, 6) is -0.0779. The molecule has 0 spiro atoms. The Labute approximate surface area is 152 Å². The maximum atomic E-state index is 12.3. The van der Waals surface area contributed by atoms with Crippen molar-refractivity contribution in [3.05, 3.63) is 70.1 Å². The van der Waals surface area contributed by atoms with E-state index in [0.717, 1.165) is 11.3 Å². The molecule has 1 N–H and O–H groups in total. The minimum Gasteiger partial charge on any atom is -0.289 e. The number of anilines is 1. The molecule has 0 atom stereocenters. The summed E-state index contributed by atoms with van der Waals surface area (Å²) in [6, 6.07) is 15.1. The predicted octanol–water partition coefficient (Wildman–Crippen LogP) is 4.67. The monoisotopic (exact) mass is 368 g/mol. The lowest BCUT2D eigenvalue weighted by Gasteiger charge is -2.02. The Bertz CT molecular complexity index is 1070. The van der Waals surface area contributed by atoms with E-state index in [1.54, 1.807) is 28.8 Å². The molecule has 25 heavy (non-hydrogen) atoms. The van der Waals surface area contributed by atoms with Gasteiger partial charge in [0.2, 0.25) is 4.96 Å². The highest BCUT2D eigenvalue weighted by Crippen LogP contribution is 2.26. The first-order valence-electron chi connectivity index (χ1n) is 7.59. The number of carbonyl (C=O) groups excluding carboxylic acids is 1. The highest BCUT2D eigenvalue weighted by molar-refractivity contribution is 7.15. The molecule has 124 valence electrons. The Morgan fingerprint density at radius 3 is 2.68 bits per heavy atom. The van der Waals surface area contributed by atoms with Crippen LogP contribution in [0.1, 0.15) is 15.9 Å². The van der Waals surface area contributed by atoms with E-state index >= 15 is 0 Å². The summed E-state index contributed by atoms with van der Waals surface area (Å²) >= 11 is 7.53. The zero-order valence-electron chi connectivity index (χ0n) is 13.2. The Hall–Kier alpha value is -2.70. The number of carbonyl (C=O) groups is 1. The number of thiazole rings is 1. The summed E-state index contributed by atoms with van der Waals surface area (Å²) < 4.78 is 1.73. The number of amides is 1. The van der Waals surface area contributed by atoms with E-state index in [2.05, 4.69) is 27.5 Å². The second-order valence-electron chi connectivity index (χ2n) is 5.55. The largest absolute Gasteiger partial charge is 0.289 e. The van der Waals surface area contributed by atoms with Crippen molar-refractivity contribution in [2.75, 3.05) is 5.32 Å². The lowest BCUT2D eigenvalue weighted by Crippen LogP contribution is -2.13. The van der Waals surface area contributed by atoms with Gasteiger partial charge in [-0.25, -0.2) is 4.52 Å². The lowest BCUT2D eigenvalue weighted by atomic mass is 10.1. The van der Waals surface area contributed by atoms with Gasteiger partial charge in [-0.05, 0) is 19.1 Å². The molecule has 0 aliphatic rings. The Morgan fingerprint density at radius 1 is 1.16 bits per heavy atom. The molecule has 0 bridgehead atoms. The Morgan fingerprint density at radius 2 is 1.92 bits per heavy atom. The number of hydrogen-bond donors (Lipinski definition) is 1. The molecule has 4 rings (SSSR count). The van der Waals surface area contributed by atoms with E-state index in [1.165, 1.54) is 16.9 Å². The second kappa shape index (κ2) is 6.31. The smallest absolute Gasteiger partial charge is 0.259 e. The third-order valence-corrected chi connectivity index (χ3v) is 4.92. The van der Waals surface area contributed by atoms with Gasteiger partial charge in [0, 0.05) is 10.9 Å². The van der Waals surface area contributed by atoms with Crippen molar-refractivity contribution in [1.29, 1.82) is 0 Å². The number of halogens is 1. The SMILES string of the molecule is Cc1ccc(-c2csc3nc(NC(=O)c4ccccc4Cl)nn23)cc1. The van der Waals surface area contributed by atoms with Crippen LogP contribution in [0.4, 0.5) is 5.95 Å². The number of nitrogens with zero attached hydrogens (tertiary/aromatic N) is 3. The maximum absolute atomic E-state index is 12.3. The molecule has 7 heteroatoms. The van der Waals surface area contributed by atoms with Crippen molar-refractivity contribution in [3.63, 3.8) is 0 Å². The maximum Gasteiger partial charge on any atom is 0.259 e. The first kappa shape index (κ1) is 15.8. The zero-order chi connectivity index (χ0) is 17.4. The van der Waals surface area contributed by atoms with Gasteiger partial charge in [-0.3, -0.25) is 10.1 Å². The predicted molar refractivity (Wildman–Crippen MR) is 100 cm³/mol. The van der Waals surface area contributed by atoms with Crippen molar-refractivity contribution in [1.82, 2.24) is 14.6 Å². The van der Waals surface area contributed by atoms with E-state index in [4.69, 9.17) is 11.6 Å². The molecule has 0 radical (unpaired) electrons. The molecule has 1 amide bonds. The Kier molecular flexibility index (Phi) is 3.99. The van der Waals surface area contributed by atoms with Crippen LogP contribution in [0.2, 0.25) is 5.02 Å². The minimum absolute atomic E-state index is 0.255. The van der Waals surface area contributed by atoms with Crippen LogP contribution < -0.4 is 5.32 Å². The molecule has 4 aromatic rings. The molecule has 0 saturated heterocycles. The van der Waals surface area contributed by atoms with Crippen molar-refractivity contribution in [2.45, 2.75) is 6.92 Å². The van der Waals surface area contributed by atoms with Gasteiger partial charge in [0.25, 0.3) is 11.9 Å². The first-order chi connectivity index (χ1) is 12.1. The molecule has 2 heterocycles. The van der Waals surface area contributed by atoms with E-state index in [0.29, 0.717) is 15.5 Å². The van der Waals surface area contributed by atoms with Crippen molar-refractivity contribution >= 4 is 39.8 Å². The highest BCUT2D eigenvalue weighted by Gasteiger charge is 2.15. The first-order valence-corrected chi connectivity index (χ1v) is 8.85. The molecule has 0 saturated carbocycles. The van der Waals surface area contributed by atoms with E-state index in [9.17, 15) is 4.79 Å². The number of hydrogen-bond acceptors (Lipinski definition) is 4. The molecule has 0 aliphatic heterocycles. The molecule has 5 nitrogen and oxygen atoms in total. The highest BCUT2D eigenvalue weighted by atomic mass is 35.5. The fourth-order valence-corrected chi connectivity index (χ4v) is 3.52. The molecule has 0 unspecified atom stereocenters. The van der Waals surface area contributed by atoms with Crippen LogP contribution in [0.15, 0.2) is 53.9 Å². The summed E-state index contributed by atoms with van der Waals surface area (Å²) in [7, 11) is 0. The zero-order valence-corrected chi connectivity index (χ0v) is 14.8. The van der Waals surface area contributed by atoms with E-state index in [1.807, 2.05) is 24.4 Å². The van der Waals surface area contributed by atoms with Gasteiger partial charge in [-0.2, -0.15) is 4.98 Å². The number of benzene rings is 2. The quantitative estimate of drug-likeness (QED) is 0.571. The lowest BCUT2D eigenvalue weighted by molar-refractivity contribution is 0.102. The molecular weight excluding hydrogens is 356 g/mol. The van der Waals surface area contributed by atoms with Gasteiger partial charge in [-0.15, -0.1) is 16.4 Å². The average molecular weight is 369 g/mol. The van der Waals surface area contributed by atoms with Crippen molar-refractivity contribution in [2.24, 2.45) is 0 Å². The number of aromatic nitrogens is 3. The third-order valence-electron chi connectivity index (χ3n) is 3.77. The standard InChI is InChI=1S/C18H13ClN4OS/c1-11-6-8-12(9-7-11)15-10-25-18-21-17(22-23(15)18)20-16(24)13-4-2-3-5-14(13)19/h2-10H,1H3,(H,20,22,24). The number of nitrogens with one attached hydrogen (secondary N) is 1. The van der Waals surface area contributed by atoms with Crippen LogP contribution in [-0.4, -0.2) is 20.5 Å². The second-order valence-corrected chi connectivity index (χ2v) is 6.79. The van der Waals surface area contributed by atoms with Crippen LogP contribution in [0.3, 0.4) is 0 Å².